The first-order valence-electron chi connectivity index (χ1n) is 6.11. The summed E-state index contributed by atoms with van der Waals surface area (Å²) in [6.45, 7) is 6.31. The zero-order valence-corrected chi connectivity index (χ0v) is 11.9. The Balaban J connectivity index is 2.27. The second kappa shape index (κ2) is 4.31. The molecule has 0 spiro atoms. The third-order valence-electron chi connectivity index (χ3n) is 3.41. The van der Waals surface area contributed by atoms with E-state index in [9.17, 15) is 4.79 Å². The molecule has 0 saturated heterocycles. The molecule has 3 aromatic rings. The Morgan fingerprint density at radius 1 is 1.21 bits per heavy atom. The van der Waals surface area contributed by atoms with Crippen LogP contribution in [0.4, 0.5) is 0 Å². The molecule has 0 atom stereocenters. The number of hydrogen-bond acceptors (Lipinski definition) is 3. The summed E-state index contributed by atoms with van der Waals surface area (Å²) in [6, 6.07) is 6.44. The van der Waals surface area contributed by atoms with Gasteiger partial charge in [-0.05, 0) is 43.5 Å². The summed E-state index contributed by atoms with van der Waals surface area (Å²) in [6.07, 6.45) is 2.59. The number of nitrogens with zero attached hydrogens (tertiary/aromatic N) is 2. The van der Waals surface area contributed by atoms with Crippen LogP contribution in [0.5, 0.6) is 0 Å². The highest BCUT2D eigenvalue weighted by Crippen LogP contribution is 2.32. The fourth-order valence-corrected chi connectivity index (χ4v) is 3.24. The van der Waals surface area contributed by atoms with E-state index in [4.69, 9.17) is 0 Å². The number of rotatable bonds is 2. The maximum Gasteiger partial charge on any atom is 0.195 e. The standard InChI is InChI=1S/C15H14N2OS/c1-9-4-5-12(6-10(9)2)14-11(3)19-15-16-13(8-18)7-17(14)15/h4-8H,1-3H3. The predicted molar refractivity (Wildman–Crippen MR) is 78.1 cm³/mol. The van der Waals surface area contributed by atoms with E-state index >= 15 is 0 Å². The van der Waals surface area contributed by atoms with Crippen molar-refractivity contribution in [3.63, 3.8) is 0 Å². The van der Waals surface area contributed by atoms with E-state index in [0.717, 1.165) is 16.9 Å². The van der Waals surface area contributed by atoms with Gasteiger partial charge in [0.1, 0.15) is 5.69 Å². The minimum atomic E-state index is 0.483. The SMILES string of the molecule is Cc1ccc(-c2c(C)sc3nc(C=O)cn23)cc1C. The number of imidazole rings is 1. The van der Waals surface area contributed by atoms with Crippen LogP contribution < -0.4 is 0 Å². The van der Waals surface area contributed by atoms with Gasteiger partial charge in [-0.2, -0.15) is 0 Å². The van der Waals surface area contributed by atoms with Crippen molar-refractivity contribution in [3.05, 3.63) is 46.1 Å². The van der Waals surface area contributed by atoms with E-state index in [1.165, 1.54) is 21.6 Å². The van der Waals surface area contributed by atoms with E-state index in [0.29, 0.717) is 5.69 Å². The minimum absolute atomic E-state index is 0.483. The van der Waals surface area contributed by atoms with Crippen LogP contribution in [-0.2, 0) is 0 Å². The molecule has 0 amide bonds. The van der Waals surface area contributed by atoms with Gasteiger partial charge in [-0.25, -0.2) is 4.98 Å². The molecule has 19 heavy (non-hydrogen) atoms. The summed E-state index contributed by atoms with van der Waals surface area (Å²) in [4.78, 5) is 17.2. The molecule has 0 bridgehead atoms. The first-order valence-corrected chi connectivity index (χ1v) is 6.93. The Morgan fingerprint density at radius 3 is 2.68 bits per heavy atom. The van der Waals surface area contributed by atoms with Crippen LogP contribution in [-0.4, -0.2) is 15.7 Å². The Labute approximate surface area is 115 Å². The summed E-state index contributed by atoms with van der Waals surface area (Å²) in [5.74, 6) is 0. The molecule has 96 valence electrons. The summed E-state index contributed by atoms with van der Waals surface area (Å²) < 4.78 is 2.01. The molecule has 4 heteroatoms. The van der Waals surface area contributed by atoms with Crippen LogP contribution in [0.15, 0.2) is 24.4 Å². The highest BCUT2D eigenvalue weighted by Gasteiger charge is 2.14. The van der Waals surface area contributed by atoms with Crippen molar-refractivity contribution >= 4 is 22.6 Å². The van der Waals surface area contributed by atoms with Gasteiger partial charge in [0.05, 0.1) is 5.69 Å². The van der Waals surface area contributed by atoms with Crippen molar-refractivity contribution in [1.82, 2.24) is 9.38 Å². The summed E-state index contributed by atoms with van der Waals surface area (Å²) in [5.41, 5.74) is 5.33. The topological polar surface area (TPSA) is 34.4 Å². The fourth-order valence-electron chi connectivity index (χ4n) is 2.26. The Kier molecular flexibility index (Phi) is 2.75. The van der Waals surface area contributed by atoms with E-state index in [-0.39, 0.29) is 0 Å². The molecular formula is C15H14N2OS. The number of carbonyl (C=O) groups is 1. The van der Waals surface area contributed by atoms with Gasteiger partial charge in [-0.3, -0.25) is 9.20 Å². The molecule has 1 aromatic carbocycles. The Morgan fingerprint density at radius 2 is 2.00 bits per heavy atom. The number of aromatic nitrogens is 2. The van der Waals surface area contributed by atoms with Crippen molar-refractivity contribution in [1.29, 1.82) is 0 Å². The van der Waals surface area contributed by atoms with E-state index in [1.54, 1.807) is 17.5 Å². The number of benzene rings is 1. The quantitative estimate of drug-likeness (QED) is 0.664. The lowest BCUT2D eigenvalue weighted by Crippen LogP contribution is -1.89. The molecule has 0 saturated carbocycles. The zero-order valence-electron chi connectivity index (χ0n) is 11.1. The molecule has 3 rings (SSSR count). The second-order valence-corrected chi connectivity index (χ2v) is 5.92. The third-order valence-corrected chi connectivity index (χ3v) is 4.38. The molecule has 0 radical (unpaired) electrons. The maximum atomic E-state index is 10.8. The van der Waals surface area contributed by atoms with Crippen LogP contribution in [0.25, 0.3) is 16.2 Å². The van der Waals surface area contributed by atoms with Crippen molar-refractivity contribution in [2.24, 2.45) is 0 Å². The van der Waals surface area contributed by atoms with Crippen LogP contribution >= 0.6 is 11.3 Å². The largest absolute Gasteiger partial charge is 0.296 e. The van der Waals surface area contributed by atoms with Crippen molar-refractivity contribution in [3.8, 4) is 11.3 Å². The number of thiazole rings is 1. The molecule has 0 aliphatic rings. The molecule has 3 nitrogen and oxygen atoms in total. The van der Waals surface area contributed by atoms with Crippen molar-refractivity contribution in [2.75, 3.05) is 0 Å². The maximum absolute atomic E-state index is 10.8. The predicted octanol–water partition coefficient (Wildman–Crippen LogP) is 3.80. The van der Waals surface area contributed by atoms with Gasteiger partial charge in [-0.1, -0.05) is 12.1 Å². The van der Waals surface area contributed by atoms with Crippen LogP contribution in [0.1, 0.15) is 26.5 Å². The van der Waals surface area contributed by atoms with Crippen molar-refractivity contribution < 1.29 is 4.79 Å². The summed E-state index contributed by atoms with van der Waals surface area (Å²) in [7, 11) is 0. The average Bonchev–Trinajstić information content (AvgIpc) is 2.89. The van der Waals surface area contributed by atoms with Crippen LogP contribution in [0, 0.1) is 20.8 Å². The number of aldehydes is 1. The van der Waals surface area contributed by atoms with Crippen molar-refractivity contribution in [2.45, 2.75) is 20.8 Å². The molecular weight excluding hydrogens is 256 g/mol. The van der Waals surface area contributed by atoms with E-state index in [2.05, 4.69) is 44.0 Å². The zero-order chi connectivity index (χ0) is 13.6. The van der Waals surface area contributed by atoms with Gasteiger partial charge in [0.25, 0.3) is 0 Å². The molecule has 0 aliphatic heterocycles. The molecule has 0 fully saturated rings. The van der Waals surface area contributed by atoms with E-state index < -0.39 is 0 Å². The lowest BCUT2D eigenvalue weighted by Gasteiger charge is -2.05. The van der Waals surface area contributed by atoms with Gasteiger partial charge < -0.3 is 0 Å². The number of hydrogen-bond donors (Lipinski definition) is 0. The van der Waals surface area contributed by atoms with Gasteiger partial charge in [-0.15, -0.1) is 11.3 Å². The van der Waals surface area contributed by atoms with Gasteiger partial charge in [0.2, 0.25) is 0 Å². The van der Waals surface area contributed by atoms with Gasteiger partial charge in [0.15, 0.2) is 11.2 Å². The fraction of sp³-hybridized carbons (Fsp3) is 0.200. The number of fused-ring (bicyclic) bond motifs is 1. The number of carbonyl (C=O) groups excluding carboxylic acids is 1. The highest BCUT2D eigenvalue weighted by atomic mass is 32.1. The molecule has 0 N–H and O–H groups in total. The highest BCUT2D eigenvalue weighted by molar-refractivity contribution is 7.17. The molecule has 0 aliphatic carbocycles. The third kappa shape index (κ3) is 1.88. The molecule has 0 unspecified atom stereocenters. The lowest BCUT2D eigenvalue weighted by atomic mass is 10.0. The Hall–Kier alpha value is -1.94. The number of aryl methyl sites for hydroxylation is 3. The molecule has 2 aromatic heterocycles. The minimum Gasteiger partial charge on any atom is -0.296 e. The Bertz CT molecular complexity index is 783. The first kappa shape index (κ1) is 12.1. The first-order chi connectivity index (χ1) is 9.10. The molecule has 2 heterocycles. The van der Waals surface area contributed by atoms with Crippen LogP contribution in [0.2, 0.25) is 0 Å². The lowest BCUT2D eigenvalue weighted by molar-refractivity contribution is 0.111. The smallest absolute Gasteiger partial charge is 0.195 e. The summed E-state index contributed by atoms with van der Waals surface area (Å²) in [5, 5.41) is 0. The summed E-state index contributed by atoms with van der Waals surface area (Å²) >= 11 is 1.61. The second-order valence-electron chi connectivity index (χ2n) is 4.74. The normalized spacial score (nSPS) is 11.1. The monoisotopic (exact) mass is 270 g/mol. The van der Waals surface area contributed by atoms with Gasteiger partial charge in [0, 0.05) is 11.1 Å². The van der Waals surface area contributed by atoms with Gasteiger partial charge >= 0.3 is 0 Å². The average molecular weight is 270 g/mol. The van der Waals surface area contributed by atoms with E-state index in [1.807, 2.05) is 4.40 Å². The van der Waals surface area contributed by atoms with Crippen LogP contribution in [0.3, 0.4) is 0 Å².